The molecule has 0 heterocycles. The molecule has 1 aromatic rings. The molecular formula is C9H9ClN2. The molecule has 1 atom stereocenters. The molecule has 0 saturated heterocycles. The quantitative estimate of drug-likeness (QED) is 0.719. The van der Waals surface area contributed by atoms with Gasteiger partial charge in [0.2, 0.25) is 0 Å². The Morgan fingerprint density at radius 2 is 2.08 bits per heavy atom. The molecule has 0 bridgehead atoms. The Morgan fingerprint density at radius 3 is 2.58 bits per heavy atom. The second-order valence-corrected chi connectivity index (χ2v) is 3.20. The number of hydrogen-bond donors (Lipinski definition) is 1. The highest BCUT2D eigenvalue weighted by Crippen LogP contribution is 2.24. The molecule has 0 amide bonds. The molecule has 0 aliphatic heterocycles. The standard InChI is InChI=1S/C9H9ClN2/c1-9(12,6-11)7-4-2-3-5-8(7)10/h2-5H,12H2,1H3/t9-/m1/s1. The van der Waals surface area contributed by atoms with Gasteiger partial charge in [-0.15, -0.1) is 0 Å². The Bertz CT molecular complexity index is 326. The van der Waals surface area contributed by atoms with Crippen LogP contribution in [0, 0.1) is 11.3 Å². The molecule has 0 radical (unpaired) electrons. The molecule has 12 heavy (non-hydrogen) atoms. The maximum atomic E-state index is 8.74. The van der Waals surface area contributed by atoms with Crippen molar-refractivity contribution in [2.24, 2.45) is 5.73 Å². The van der Waals surface area contributed by atoms with Crippen molar-refractivity contribution in [2.75, 3.05) is 0 Å². The minimum atomic E-state index is -1.00. The summed E-state index contributed by atoms with van der Waals surface area (Å²) in [6, 6.07) is 9.08. The highest BCUT2D eigenvalue weighted by atomic mass is 35.5. The maximum Gasteiger partial charge on any atom is 0.128 e. The SMILES string of the molecule is C[C@@](N)(C#N)c1ccccc1Cl. The molecule has 2 N–H and O–H groups in total. The van der Waals surface area contributed by atoms with Crippen molar-refractivity contribution in [1.82, 2.24) is 0 Å². The lowest BCUT2D eigenvalue weighted by molar-refractivity contribution is 0.647. The third kappa shape index (κ3) is 1.58. The molecule has 62 valence electrons. The number of nitrogens with zero attached hydrogens (tertiary/aromatic N) is 1. The second kappa shape index (κ2) is 3.14. The minimum absolute atomic E-state index is 0.532. The summed E-state index contributed by atoms with van der Waals surface area (Å²) < 4.78 is 0. The van der Waals surface area contributed by atoms with Crippen molar-refractivity contribution in [3.8, 4) is 6.07 Å². The Hall–Kier alpha value is -1.04. The van der Waals surface area contributed by atoms with Gasteiger partial charge in [-0.25, -0.2) is 0 Å². The summed E-state index contributed by atoms with van der Waals surface area (Å²) >= 11 is 5.86. The van der Waals surface area contributed by atoms with E-state index in [2.05, 4.69) is 0 Å². The first-order chi connectivity index (χ1) is 5.58. The van der Waals surface area contributed by atoms with Crippen LogP contribution in [0.2, 0.25) is 5.02 Å². The zero-order chi connectivity index (χ0) is 9.19. The minimum Gasteiger partial charge on any atom is -0.310 e. The van der Waals surface area contributed by atoms with Gasteiger partial charge in [-0.3, -0.25) is 0 Å². The van der Waals surface area contributed by atoms with Crippen LogP contribution >= 0.6 is 11.6 Å². The van der Waals surface area contributed by atoms with E-state index in [1.54, 1.807) is 25.1 Å². The van der Waals surface area contributed by atoms with Gasteiger partial charge in [0.25, 0.3) is 0 Å². The van der Waals surface area contributed by atoms with E-state index in [1.807, 2.05) is 12.1 Å². The summed E-state index contributed by atoms with van der Waals surface area (Å²) in [5.74, 6) is 0. The molecule has 0 unspecified atom stereocenters. The van der Waals surface area contributed by atoms with Crippen LogP contribution in [-0.4, -0.2) is 0 Å². The third-order valence-electron chi connectivity index (χ3n) is 1.67. The molecular weight excluding hydrogens is 172 g/mol. The smallest absolute Gasteiger partial charge is 0.128 e. The normalized spacial score (nSPS) is 14.8. The Labute approximate surface area is 76.6 Å². The average Bonchev–Trinajstić information content (AvgIpc) is 2.05. The molecule has 0 fully saturated rings. The fourth-order valence-corrected chi connectivity index (χ4v) is 1.27. The molecule has 1 aromatic carbocycles. The van der Waals surface area contributed by atoms with Gasteiger partial charge in [0.1, 0.15) is 5.54 Å². The Morgan fingerprint density at radius 1 is 1.50 bits per heavy atom. The number of nitriles is 1. The van der Waals surface area contributed by atoms with Crippen LogP contribution in [0.25, 0.3) is 0 Å². The number of rotatable bonds is 1. The largest absolute Gasteiger partial charge is 0.310 e. The fraction of sp³-hybridized carbons (Fsp3) is 0.222. The summed E-state index contributed by atoms with van der Waals surface area (Å²) in [5, 5.41) is 9.27. The van der Waals surface area contributed by atoms with Gasteiger partial charge >= 0.3 is 0 Å². The third-order valence-corrected chi connectivity index (χ3v) is 2.00. The van der Waals surface area contributed by atoms with Crippen LogP contribution in [0.1, 0.15) is 12.5 Å². The first kappa shape index (κ1) is 9.05. The summed E-state index contributed by atoms with van der Waals surface area (Å²) in [5.41, 5.74) is 5.35. The van der Waals surface area contributed by atoms with Crippen LogP contribution in [0.3, 0.4) is 0 Å². The number of nitrogens with two attached hydrogens (primary N) is 1. The predicted octanol–water partition coefficient (Wildman–Crippen LogP) is 2.04. The zero-order valence-electron chi connectivity index (χ0n) is 6.71. The Kier molecular flexibility index (Phi) is 2.37. The molecule has 0 aliphatic rings. The van der Waals surface area contributed by atoms with Gasteiger partial charge in [0.05, 0.1) is 6.07 Å². The maximum absolute atomic E-state index is 8.74. The fourth-order valence-electron chi connectivity index (χ4n) is 0.943. The van der Waals surface area contributed by atoms with Crippen molar-refractivity contribution >= 4 is 11.6 Å². The van der Waals surface area contributed by atoms with E-state index in [1.165, 1.54) is 0 Å². The van der Waals surface area contributed by atoms with Crippen molar-refractivity contribution in [3.63, 3.8) is 0 Å². The number of benzene rings is 1. The lowest BCUT2D eigenvalue weighted by Crippen LogP contribution is -2.31. The molecule has 3 heteroatoms. The highest BCUT2D eigenvalue weighted by molar-refractivity contribution is 6.31. The second-order valence-electron chi connectivity index (χ2n) is 2.79. The van der Waals surface area contributed by atoms with E-state index in [-0.39, 0.29) is 0 Å². The first-order valence-electron chi connectivity index (χ1n) is 3.53. The summed E-state index contributed by atoms with van der Waals surface area (Å²) in [6.07, 6.45) is 0. The van der Waals surface area contributed by atoms with Crippen molar-refractivity contribution < 1.29 is 0 Å². The lowest BCUT2D eigenvalue weighted by atomic mass is 9.95. The van der Waals surface area contributed by atoms with Gasteiger partial charge in [-0.05, 0) is 13.0 Å². The van der Waals surface area contributed by atoms with Crippen LogP contribution in [0.15, 0.2) is 24.3 Å². The lowest BCUT2D eigenvalue weighted by Gasteiger charge is -2.16. The van der Waals surface area contributed by atoms with Gasteiger partial charge in [-0.1, -0.05) is 29.8 Å². The van der Waals surface area contributed by atoms with Crippen LogP contribution < -0.4 is 5.73 Å². The molecule has 2 nitrogen and oxygen atoms in total. The number of hydrogen-bond acceptors (Lipinski definition) is 2. The van der Waals surface area contributed by atoms with Gasteiger partial charge in [-0.2, -0.15) is 5.26 Å². The zero-order valence-corrected chi connectivity index (χ0v) is 7.47. The molecule has 1 rings (SSSR count). The van der Waals surface area contributed by atoms with E-state index in [9.17, 15) is 0 Å². The van der Waals surface area contributed by atoms with Gasteiger partial charge in [0.15, 0.2) is 0 Å². The molecule has 0 aliphatic carbocycles. The van der Waals surface area contributed by atoms with E-state index >= 15 is 0 Å². The van der Waals surface area contributed by atoms with Gasteiger partial charge in [0, 0.05) is 10.6 Å². The van der Waals surface area contributed by atoms with E-state index in [0.29, 0.717) is 10.6 Å². The van der Waals surface area contributed by atoms with Crippen LogP contribution in [-0.2, 0) is 5.54 Å². The first-order valence-corrected chi connectivity index (χ1v) is 3.91. The highest BCUT2D eigenvalue weighted by Gasteiger charge is 2.22. The van der Waals surface area contributed by atoms with E-state index in [0.717, 1.165) is 0 Å². The molecule has 0 spiro atoms. The predicted molar refractivity (Wildman–Crippen MR) is 48.6 cm³/mol. The van der Waals surface area contributed by atoms with E-state index in [4.69, 9.17) is 22.6 Å². The van der Waals surface area contributed by atoms with E-state index < -0.39 is 5.54 Å². The van der Waals surface area contributed by atoms with Gasteiger partial charge < -0.3 is 5.73 Å². The average molecular weight is 181 g/mol. The summed E-state index contributed by atoms with van der Waals surface area (Å²) in [7, 11) is 0. The van der Waals surface area contributed by atoms with Crippen molar-refractivity contribution in [2.45, 2.75) is 12.5 Å². The summed E-state index contributed by atoms with van der Waals surface area (Å²) in [4.78, 5) is 0. The Balaban J connectivity index is 3.22. The number of halogens is 1. The van der Waals surface area contributed by atoms with Crippen LogP contribution in [0.5, 0.6) is 0 Å². The molecule has 0 saturated carbocycles. The van der Waals surface area contributed by atoms with Crippen molar-refractivity contribution in [3.05, 3.63) is 34.9 Å². The monoisotopic (exact) mass is 180 g/mol. The van der Waals surface area contributed by atoms with Crippen molar-refractivity contribution in [1.29, 1.82) is 5.26 Å². The topological polar surface area (TPSA) is 49.8 Å². The summed E-state index contributed by atoms with van der Waals surface area (Å²) in [6.45, 7) is 1.63. The van der Waals surface area contributed by atoms with Crippen LogP contribution in [0.4, 0.5) is 0 Å². The molecule has 0 aromatic heterocycles.